The molecule has 82 valence electrons. The highest BCUT2D eigenvalue weighted by Gasteiger charge is 2.18. The van der Waals surface area contributed by atoms with Crippen molar-refractivity contribution in [3.63, 3.8) is 0 Å². The molecular formula is C11H16BrN3. The van der Waals surface area contributed by atoms with Crippen LogP contribution in [0.25, 0.3) is 0 Å². The monoisotopic (exact) mass is 269 g/mol. The first-order valence-electron chi connectivity index (χ1n) is 5.33. The lowest BCUT2D eigenvalue weighted by atomic mass is 10.1. The molecule has 1 aromatic rings. The average molecular weight is 270 g/mol. The smallest absolute Gasteiger partial charge is 0.128 e. The molecule has 0 saturated carbocycles. The second kappa shape index (κ2) is 4.94. The summed E-state index contributed by atoms with van der Waals surface area (Å²) in [5, 5.41) is 3.34. The van der Waals surface area contributed by atoms with Crippen molar-refractivity contribution in [3.05, 3.63) is 22.8 Å². The highest BCUT2D eigenvalue weighted by Crippen LogP contribution is 2.19. The van der Waals surface area contributed by atoms with Crippen molar-refractivity contribution in [2.75, 3.05) is 25.0 Å². The summed E-state index contributed by atoms with van der Waals surface area (Å²) in [4.78, 5) is 6.77. The number of anilines is 1. The molecule has 0 aliphatic carbocycles. The molecule has 1 aliphatic heterocycles. The summed E-state index contributed by atoms with van der Waals surface area (Å²) in [6.07, 6.45) is 4.37. The van der Waals surface area contributed by atoms with Gasteiger partial charge in [-0.3, -0.25) is 0 Å². The highest BCUT2D eigenvalue weighted by atomic mass is 79.9. The fourth-order valence-corrected chi connectivity index (χ4v) is 2.21. The normalized spacial score (nSPS) is 21.7. The number of hydrogen-bond donors (Lipinski definition) is 1. The van der Waals surface area contributed by atoms with Gasteiger partial charge in [0.15, 0.2) is 0 Å². The van der Waals surface area contributed by atoms with Crippen LogP contribution in [0.1, 0.15) is 12.8 Å². The van der Waals surface area contributed by atoms with Crippen LogP contribution in [0.3, 0.4) is 0 Å². The Kier molecular flexibility index (Phi) is 3.59. The van der Waals surface area contributed by atoms with E-state index in [9.17, 15) is 0 Å². The third-order valence-electron chi connectivity index (χ3n) is 2.87. The summed E-state index contributed by atoms with van der Waals surface area (Å²) < 4.78 is 1.04. The average Bonchev–Trinajstić information content (AvgIpc) is 2.30. The standard InChI is InChI=1S/C11H16BrN3/c1-13-10-3-2-6-15(8-10)11-5-4-9(12)7-14-11/h4-5,7,10,13H,2-3,6,8H2,1H3. The lowest BCUT2D eigenvalue weighted by molar-refractivity contribution is 0.447. The zero-order valence-electron chi connectivity index (χ0n) is 8.91. The molecule has 1 atom stereocenters. The summed E-state index contributed by atoms with van der Waals surface area (Å²) in [5.41, 5.74) is 0. The maximum atomic E-state index is 4.42. The van der Waals surface area contributed by atoms with E-state index in [0.29, 0.717) is 6.04 Å². The number of pyridine rings is 1. The van der Waals surface area contributed by atoms with E-state index in [1.54, 1.807) is 0 Å². The molecule has 15 heavy (non-hydrogen) atoms. The van der Waals surface area contributed by atoms with E-state index in [-0.39, 0.29) is 0 Å². The van der Waals surface area contributed by atoms with Crippen LogP contribution < -0.4 is 10.2 Å². The van der Waals surface area contributed by atoms with Crippen molar-refractivity contribution in [2.24, 2.45) is 0 Å². The molecule has 2 rings (SSSR count). The van der Waals surface area contributed by atoms with E-state index in [0.717, 1.165) is 23.4 Å². The van der Waals surface area contributed by atoms with Gasteiger partial charge in [0.25, 0.3) is 0 Å². The topological polar surface area (TPSA) is 28.2 Å². The van der Waals surface area contributed by atoms with Crippen LogP contribution in [-0.4, -0.2) is 31.2 Å². The second-order valence-electron chi connectivity index (χ2n) is 3.91. The number of aromatic nitrogens is 1. The first-order valence-corrected chi connectivity index (χ1v) is 6.12. The molecule has 1 unspecified atom stereocenters. The minimum Gasteiger partial charge on any atom is -0.355 e. The third kappa shape index (κ3) is 2.69. The van der Waals surface area contributed by atoms with Gasteiger partial charge in [-0.2, -0.15) is 0 Å². The minimum absolute atomic E-state index is 0.601. The molecule has 1 aliphatic rings. The van der Waals surface area contributed by atoms with Crippen LogP contribution in [0.4, 0.5) is 5.82 Å². The molecule has 1 fully saturated rings. The van der Waals surface area contributed by atoms with Crippen LogP contribution >= 0.6 is 15.9 Å². The predicted molar refractivity (Wildman–Crippen MR) is 66.2 cm³/mol. The summed E-state index contributed by atoms with van der Waals surface area (Å²) in [6.45, 7) is 2.18. The van der Waals surface area contributed by atoms with Crippen molar-refractivity contribution in [1.29, 1.82) is 0 Å². The van der Waals surface area contributed by atoms with E-state index < -0.39 is 0 Å². The number of nitrogens with one attached hydrogen (secondary N) is 1. The summed E-state index contributed by atoms with van der Waals surface area (Å²) >= 11 is 3.40. The molecule has 1 N–H and O–H groups in total. The fraction of sp³-hybridized carbons (Fsp3) is 0.545. The fourth-order valence-electron chi connectivity index (χ4n) is 1.98. The largest absolute Gasteiger partial charge is 0.355 e. The van der Waals surface area contributed by atoms with Crippen LogP contribution in [0.2, 0.25) is 0 Å². The van der Waals surface area contributed by atoms with Gasteiger partial charge >= 0.3 is 0 Å². The molecule has 0 aromatic carbocycles. The van der Waals surface area contributed by atoms with Crippen molar-refractivity contribution in [1.82, 2.24) is 10.3 Å². The van der Waals surface area contributed by atoms with Gasteiger partial charge in [-0.15, -0.1) is 0 Å². The van der Waals surface area contributed by atoms with Gasteiger partial charge in [-0.05, 0) is 48.0 Å². The quantitative estimate of drug-likeness (QED) is 0.891. The van der Waals surface area contributed by atoms with Gasteiger partial charge < -0.3 is 10.2 Å². The molecule has 0 bridgehead atoms. The van der Waals surface area contributed by atoms with Gasteiger partial charge in [0.05, 0.1) is 0 Å². The Hall–Kier alpha value is -0.610. The molecule has 4 heteroatoms. The number of likely N-dealkylation sites (N-methyl/N-ethyl adjacent to an activating group) is 1. The van der Waals surface area contributed by atoms with E-state index >= 15 is 0 Å². The molecule has 0 radical (unpaired) electrons. The van der Waals surface area contributed by atoms with Crippen LogP contribution in [0, 0.1) is 0 Å². The number of hydrogen-bond acceptors (Lipinski definition) is 3. The van der Waals surface area contributed by atoms with Crippen molar-refractivity contribution < 1.29 is 0 Å². The molecule has 3 nitrogen and oxygen atoms in total. The van der Waals surface area contributed by atoms with Gasteiger partial charge in [-0.1, -0.05) is 0 Å². The number of nitrogens with zero attached hydrogens (tertiary/aromatic N) is 2. The Morgan fingerprint density at radius 1 is 1.53 bits per heavy atom. The van der Waals surface area contributed by atoms with Gasteiger partial charge in [-0.25, -0.2) is 4.98 Å². The van der Waals surface area contributed by atoms with E-state index in [1.165, 1.54) is 12.8 Å². The number of halogens is 1. The minimum atomic E-state index is 0.601. The highest BCUT2D eigenvalue weighted by molar-refractivity contribution is 9.10. The van der Waals surface area contributed by atoms with E-state index in [2.05, 4.69) is 37.2 Å². The lowest BCUT2D eigenvalue weighted by Gasteiger charge is -2.33. The van der Waals surface area contributed by atoms with Crippen LogP contribution in [0.15, 0.2) is 22.8 Å². The molecule has 0 amide bonds. The predicted octanol–water partition coefficient (Wildman–Crippen LogP) is 2.03. The van der Waals surface area contributed by atoms with Crippen LogP contribution in [-0.2, 0) is 0 Å². The Labute approximate surface area is 99.0 Å². The summed E-state index contributed by atoms with van der Waals surface area (Å²) in [6, 6.07) is 4.72. The van der Waals surface area contributed by atoms with Crippen LogP contribution in [0.5, 0.6) is 0 Å². The zero-order valence-corrected chi connectivity index (χ0v) is 10.5. The molecule has 2 heterocycles. The lowest BCUT2D eigenvalue weighted by Crippen LogP contribution is -2.44. The van der Waals surface area contributed by atoms with E-state index in [4.69, 9.17) is 0 Å². The maximum absolute atomic E-state index is 4.42. The SMILES string of the molecule is CNC1CCCN(c2ccc(Br)cn2)C1. The first-order chi connectivity index (χ1) is 7.29. The molecule has 1 saturated heterocycles. The van der Waals surface area contributed by atoms with Crippen molar-refractivity contribution >= 4 is 21.7 Å². The number of rotatable bonds is 2. The molecule has 1 aromatic heterocycles. The Bertz CT molecular complexity index is 312. The molecule has 0 spiro atoms. The van der Waals surface area contributed by atoms with Gasteiger partial charge in [0.1, 0.15) is 5.82 Å². The second-order valence-corrected chi connectivity index (χ2v) is 4.82. The maximum Gasteiger partial charge on any atom is 0.128 e. The zero-order chi connectivity index (χ0) is 10.7. The summed E-state index contributed by atoms with van der Waals surface area (Å²) in [7, 11) is 2.03. The van der Waals surface area contributed by atoms with Crippen molar-refractivity contribution in [3.8, 4) is 0 Å². The molecular weight excluding hydrogens is 254 g/mol. The summed E-state index contributed by atoms with van der Waals surface area (Å²) in [5.74, 6) is 1.08. The number of piperidine rings is 1. The van der Waals surface area contributed by atoms with Gasteiger partial charge in [0, 0.05) is 29.8 Å². The van der Waals surface area contributed by atoms with E-state index in [1.807, 2.05) is 19.3 Å². The first kappa shape index (κ1) is 10.9. The Morgan fingerprint density at radius 2 is 2.40 bits per heavy atom. The Morgan fingerprint density at radius 3 is 3.07 bits per heavy atom. The Balaban J connectivity index is 2.06. The van der Waals surface area contributed by atoms with Gasteiger partial charge in [0.2, 0.25) is 0 Å². The third-order valence-corrected chi connectivity index (χ3v) is 3.33. The van der Waals surface area contributed by atoms with Crippen molar-refractivity contribution in [2.45, 2.75) is 18.9 Å².